The van der Waals surface area contributed by atoms with Crippen molar-refractivity contribution >= 4 is 40.8 Å². The number of benzene rings is 2. The molecule has 0 fully saturated rings. The number of carboxylic acid groups (broad SMARTS) is 1. The molecule has 3 nitrogen and oxygen atoms in total. The van der Waals surface area contributed by atoms with E-state index < -0.39 is 5.97 Å². The molecule has 0 spiro atoms. The van der Waals surface area contributed by atoms with Crippen LogP contribution in [-0.4, -0.2) is 11.1 Å². The fraction of sp³-hybridized carbons (Fsp3) is 0. The van der Waals surface area contributed by atoms with Gasteiger partial charge in [-0.15, -0.1) is 0 Å². The summed E-state index contributed by atoms with van der Waals surface area (Å²) in [4.78, 5) is 10.8. The summed E-state index contributed by atoms with van der Waals surface area (Å²) in [6, 6.07) is 9.10. The molecular weight excluding hydrogens is 310 g/mol. The molecule has 6 heteroatoms. The minimum absolute atomic E-state index is 0.0783. The maximum absolute atomic E-state index is 10.8. The standard InChI is InChI=1S/C13H7Cl3O3/c14-8-2-1-3-11(12(8)16)19-10-5-4-7(13(17)18)6-9(10)15/h1-6H,(H,17,18). The van der Waals surface area contributed by atoms with Crippen LogP contribution in [0.2, 0.25) is 15.1 Å². The summed E-state index contributed by atoms with van der Waals surface area (Å²) in [6.07, 6.45) is 0. The second kappa shape index (κ2) is 5.70. The minimum Gasteiger partial charge on any atom is -0.478 e. The lowest BCUT2D eigenvalue weighted by atomic mass is 10.2. The normalized spacial score (nSPS) is 10.3. The van der Waals surface area contributed by atoms with Gasteiger partial charge in [0.25, 0.3) is 0 Å². The van der Waals surface area contributed by atoms with Crippen molar-refractivity contribution in [1.29, 1.82) is 0 Å². The SMILES string of the molecule is O=C(O)c1ccc(Oc2cccc(Cl)c2Cl)c(Cl)c1. The van der Waals surface area contributed by atoms with Crippen molar-refractivity contribution in [1.82, 2.24) is 0 Å². The van der Waals surface area contributed by atoms with E-state index in [0.29, 0.717) is 16.5 Å². The summed E-state index contributed by atoms with van der Waals surface area (Å²) in [5.74, 6) is -0.413. The van der Waals surface area contributed by atoms with Gasteiger partial charge in [0.15, 0.2) is 0 Å². The number of ether oxygens (including phenoxy) is 1. The molecule has 0 aliphatic heterocycles. The quantitative estimate of drug-likeness (QED) is 0.853. The Balaban J connectivity index is 2.34. The van der Waals surface area contributed by atoms with Crippen molar-refractivity contribution in [2.75, 3.05) is 0 Å². The highest BCUT2D eigenvalue weighted by Gasteiger charge is 2.11. The highest BCUT2D eigenvalue weighted by molar-refractivity contribution is 6.43. The monoisotopic (exact) mass is 316 g/mol. The molecule has 0 bridgehead atoms. The Bertz CT molecular complexity index is 641. The van der Waals surface area contributed by atoms with Crippen LogP contribution in [0, 0.1) is 0 Å². The summed E-state index contributed by atoms with van der Waals surface area (Å²) in [7, 11) is 0. The topological polar surface area (TPSA) is 46.5 Å². The van der Waals surface area contributed by atoms with Gasteiger partial charge in [-0.05, 0) is 30.3 Å². The molecule has 19 heavy (non-hydrogen) atoms. The van der Waals surface area contributed by atoms with Gasteiger partial charge in [-0.2, -0.15) is 0 Å². The number of halogens is 3. The predicted molar refractivity (Wildman–Crippen MR) is 74.9 cm³/mol. The third-order valence-electron chi connectivity index (χ3n) is 2.31. The van der Waals surface area contributed by atoms with Crippen molar-refractivity contribution in [2.45, 2.75) is 0 Å². The highest BCUT2D eigenvalue weighted by Crippen LogP contribution is 2.37. The summed E-state index contributed by atoms with van der Waals surface area (Å²) in [5.41, 5.74) is 0.0783. The van der Waals surface area contributed by atoms with E-state index in [1.54, 1.807) is 18.2 Å². The van der Waals surface area contributed by atoms with Crippen molar-refractivity contribution in [3.05, 3.63) is 57.0 Å². The predicted octanol–water partition coefficient (Wildman–Crippen LogP) is 5.14. The smallest absolute Gasteiger partial charge is 0.335 e. The largest absolute Gasteiger partial charge is 0.478 e. The van der Waals surface area contributed by atoms with E-state index in [4.69, 9.17) is 44.6 Å². The van der Waals surface area contributed by atoms with Gasteiger partial charge in [0.1, 0.15) is 16.5 Å². The van der Waals surface area contributed by atoms with Crippen molar-refractivity contribution in [3.8, 4) is 11.5 Å². The third kappa shape index (κ3) is 3.13. The van der Waals surface area contributed by atoms with Gasteiger partial charge in [-0.1, -0.05) is 40.9 Å². The van der Waals surface area contributed by atoms with Crippen LogP contribution in [0.15, 0.2) is 36.4 Å². The van der Waals surface area contributed by atoms with Gasteiger partial charge in [0, 0.05) is 0 Å². The van der Waals surface area contributed by atoms with E-state index in [1.165, 1.54) is 18.2 Å². The number of aromatic carboxylic acids is 1. The maximum atomic E-state index is 10.8. The van der Waals surface area contributed by atoms with Gasteiger partial charge in [-0.25, -0.2) is 4.79 Å². The first kappa shape index (κ1) is 14.0. The molecule has 2 rings (SSSR count). The fourth-order valence-electron chi connectivity index (χ4n) is 1.40. The van der Waals surface area contributed by atoms with Crippen LogP contribution in [0.1, 0.15) is 10.4 Å². The summed E-state index contributed by atoms with van der Waals surface area (Å²) in [6.45, 7) is 0. The Kier molecular flexibility index (Phi) is 4.20. The molecule has 1 N–H and O–H groups in total. The van der Waals surface area contributed by atoms with Gasteiger partial charge >= 0.3 is 5.97 Å². The molecule has 0 unspecified atom stereocenters. The number of rotatable bonds is 3. The molecule has 0 atom stereocenters. The molecular formula is C13H7Cl3O3. The zero-order valence-corrected chi connectivity index (χ0v) is 11.6. The lowest BCUT2D eigenvalue weighted by molar-refractivity contribution is 0.0697. The molecule has 98 valence electrons. The average Bonchev–Trinajstić information content (AvgIpc) is 2.37. The lowest BCUT2D eigenvalue weighted by Gasteiger charge is -2.10. The van der Waals surface area contributed by atoms with Crippen LogP contribution in [-0.2, 0) is 0 Å². The van der Waals surface area contributed by atoms with Crippen LogP contribution in [0.25, 0.3) is 0 Å². The van der Waals surface area contributed by atoms with Crippen molar-refractivity contribution in [3.63, 3.8) is 0 Å². The van der Waals surface area contributed by atoms with E-state index in [0.717, 1.165) is 0 Å². The molecule has 2 aromatic rings. The first-order valence-electron chi connectivity index (χ1n) is 5.13. The molecule has 0 aliphatic rings. The lowest BCUT2D eigenvalue weighted by Crippen LogP contribution is -1.96. The third-order valence-corrected chi connectivity index (χ3v) is 3.41. The average molecular weight is 318 g/mol. The van der Waals surface area contributed by atoms with E-state index >= 15 is 0 Å². The zero-order chi connectivity index (χ0) is 14.0. The van der Waals surface area contributed by atoms with Gasteiger partial charge in [0.2, 0.25) is 0 Å². The zero-order valence-electron chi connectivity index (χ0n) is 9.36. The van der Waals surface area contributed by atoms with Crippen LogP contribution in [0.5, 0.6) is 11.5 Å². The van der Waals surface area contributed by atoms with Crippen LogP contribution >= 0.6 is 34.8 Å². The second-order valence-electron chi connectivity index (χ2n) is 3.60. The molecule has 2 aromatic carbocycles. The number of hydrogen-bond donors (Lipinski definition) is 1. The molecule has 0 saturated carbocycles. The maximum Gasteiger partial charge on any atom is 0.335 e. The van der Waals surface area contributed by atoms with Crippen LogP contribution in [0.3, 0.4) is 0 Å². The van der Waals surface area contributed by atoms with Crippen molar-refractivity contribution < 1.29 is 14.6 Å². The van der Waals surface area contributed by atoms with Gasteiger partial charge < -0.3 is 9.84 Å². The first-order chi connectivity index (χ1) is 8.99. The van der Waals surface area contributed by atoms with E-state index in [-0.39, 0.29) is 15.6 Å². The van der Waals surface area contributed by atoms with Gasteiger partial charge in [-0.3, -0.25) is 0 Å². The molecule has 0 saturated heterocycles. The van der Waals surface area contributed by atoms with E-state index in [9.17, 15) is 4.79 Å². The first-order valence-corrected chi connectivity index (χ1v) is 6.27. The summed E-state index contributed by atoms with van der Waals surface area (Å²) >= 11 is 17.8. The molecule has 0 aliphatic carbocycles. The van der Waals surface area contributed by atoms with E-state index in [2.05, 4.69) is 0 Å². The fourth-order valence-corrected chi connectivity index (χ4v) is 1.95. The van der Waals surface area contributed by atoms with E-state index in [1.807, 2.05) is 0 Å². The van der Waals surface area contributed by atoms with Crippen LogP contribution in [0.4, 0.5) is 0 Å². The summed E-state index contributed by atoms with van der Waals surface area (Å²) < 4.78 is 5.51. The Morgan fingerprint density at radius 3 is 2.37 bits per heavy atom. The molecule has 0 radical (unpaired) electrons. The highest BCUT2D eigenvalue weighted by atomic mass is 35.5. The summed E-state index contributed by atoms with van der Waals surface area (Å²) in [5, 5.41) is 9.63. The number of hydrogen-bond acceptors (Lipinski definition) is 2. The van der Waals surface area contributed by atoms with Crippen molar-refractivity contribution in [2.24, 2.45) is 0 Å². The number of carbonyl (C=O) groups is 1. The Morgan fingerprint density at radius 1 is 1.00 bits per heavy atom. The Morgan fingerprint density at radius 2 is 1.74 bits per heavy atom. The minimum atomic E-state index is -1.06. The van der Waals surface area contributed by atoms with Gasteiger partial charge in [0.05, 0.1) is 15.6 Å². The number of carboxylic acids is 1. The second-order valence-corrected chi connectivity index (χ2v) is 4.80. The Hall–Kier alpha value is -1.42. The molecule has 0 amide bonds. The van der Waals surface area contributed by atoms with Crippen LogP contribution < -0.4 is 4.74 Å². The Labute approximate surface area is 124 Å². The molecule has 0 aromatic heterocycles. The molecule has 0 heterocycles.